The van der Waals surface area contributed by atoms with Crippen LogP contribution in [0.1, 0.15) is 25.0 Å². The van der Waals surface area contributed by atoms with Crippen molar-refractivity contribution >= 4 is 5.91 Å². The van der Waals surface area contributed by atoms with Gasteiger partial charge in [-0.25, -0.2) is 9.07 Å². The molecule has 5 nitrogen and oxygen atoms in total. The van der Waals surface area contributed by atoms with E-state index in [1.165, 1.54) is 0 Å². The molecule has 1 unspecified atom stereocenters. The molecule has 0 spiro atoms. The Kier molecular flexibility index (Phi) is 5.08. The van der Waals surface area contributed by atoms with Gasteiger partial charge < -0.3 is 5.32 Å². The van der Waals surface area contributed by atoms with Crippen molar-refractivity contribution in [1.29, 1.82) is 0 Å². The van der Waals surface area contributed by atoms with Gasteiger partial charge in [0.15, 0.2) is 5.82 Å². The fraction of sp³-hybridized carbons (Fsp3) is 0.412. The summed E-state index contributed by atoms with van der Waals surface area (Å²) in [4.78, 5) is 14.2. The van der Waals surface area contributed by atoms with Crippen molar-refractivity contribution in [1.82, 2.24) is 20.0 Å². The van der Waals surface area contributed by atoms with Gasteiger partial charge in [0.25, 0.3) is 0 Å². The molecule has 3 rings (SSSR count). The molecule has 1 fully saturated rings. The molecule has 0 radical (unpaired) electrons. The first-order valence-electron chi connectivity index (χ1n) is 8.06. The van der Waals surface area contributed by atoms with Crippen LogP contribution in [0, 0.1) is 5.82 Å². The molecule has 134 valence electrons. The predicted octanol–water partition coefficient (Wildman–Crippen LogP) is 2.79. The van der Waals surface area contributed by atoms with E-state index in [4.69, 9.17) is 0 Å². The maximum Gasteiger partial charge on any atom is 0.333 e. The number of halogens is 3. The van der Waals surface area contributed by atoms with E-state index >= 15 is 0 Å². The molecule has 0 saturated carbocycles. The third kappa shape index (κ3) is 3.68. The third-order valence-electron chi connectivity index (χ3n) is 4.45. The number of aromatic nitrogens is 2. The van der Waals surface area contributed by atoms with Crippen LogP contribution in [-0.4, -0.2) is 40.2 Å². The fourth-order valence-corrected chi connectivity index (χ4v) is 3.09. The number of amides is 1. The van der Waals surface area contributed by atoms with Crippen LogP contribution in [0.15, 0.2) is 30.5 Å². The first kappa shape index (κ1) is 17.5. The summed E-state index contributed by atoms with van der Waals surface area (Å²) in [6.07, 6.45) is 2.62. The first-order chi connectivity index (χ1) is 12.0. The number of alkyl halides is 2. The van der Waals surface area contributed by atoms with E-state index in [-0.39, 0.29) is 17.6 Å². The lowest BCUT2D eigenvalue weighted by atomic mass is 10.1. The highest BCUT2D eigenvalue weighted by Crippen LogP contribution is 2.26. The van der Waals surface area contributed by atoms with Crippen LogP contribution in [0.5, 0.6) is 0 Å². The molecule has 0 bridgehead atoms. The first-order valence-corrected chi connectivity index (χ1v) is 8.06. The van der Waals surface area contributed by atoms with Crippen molar-refractivity contribution < 1.29 is 18.0 Å². The van der Waals surface area contributed by atoms with Crippen molar-refractivity contribution in [2.45, 2.75) is 32.0 Å². The minimum Gasteiger partial charge on any atom is -0.351 e. The minimum absolute atomic E-state index is 0.0223. The number of hydrogen-bond acceptors (Lipinski definition) is 3. The summed E-state index contributed by atoms with van der Waals surface area (Å²) in [6.45, 7) is -1.67. The Bertz CT molecular complexity index is 745. The number of carbonyl (C=O) groups is 1. The number of carbonyl (C=O) groups excluding carboxylic acids is 1. The smallest absolute Gasteiger partial charge is 0.333 e. The lowest BCUT2D eigenvalue weighted by Gasteiger charge is -2.18. The quantitative estimate of drug-likeness (QED) is 0.900. The zero-order valence-electron chi connectivity index (χ0n) is 13.8. The van der Waals surface area contributed by atoms with Crippen molar-refractivity contribution in [3.05, 3.63) is 41.8 Å². The van der Waals surface area contributed by atoms with Crippen LogP contribution in [0.2, 0.25) is 0 Å². The molecule has 1 N–H and O–H groups in total. The molecule has 0 aliphatic carbocycles. The zero-order chi connectivity index (χ0) is 18.0. The summed E-state index contributed by atoms with van der Waals surface area (Å²) in [7, 11) is 1.92. The van der Waals surface area contributed by atoms with Gasteiger partial charge in [-0.3, -0.25) is 9.69 Å². The zero-order valence-corrected chi connectivity index (χ0v) is 13.8. The highest BCUT2D eigenvalue weighted by Gasteiger charge is 2.27. The number of nitrogens with one attached hydrogen (secondary N) is 1. The van der Waals surface area contributed by atoms with Gasteiger partial charge in [-0.05, 0) is 32.0 Å². The Labute approximate surface area is 143 Å². The predicted molar refractivity (Wildman–Crippen MR) is 86.4 cm³/mol. The van der Waals surface area contributed by atoms with Gasteiger partial charge in [-0.1, -0.05) is 24.3 Å². The third-order valence-corrected chi connectivity index (χ3v) is 4.45. The fourth-order valence-electron chi connectivity index (χ4n) is 3.09. The Balaban J connectivity index is 1.67. The number of rotatable bonds is 5. The average molecular weight is 352 g/mol. The van der Waals surface area contributed by atoms with E-state index in [2.05, 4.69) is 10.4 Å². The summed E-state index contributed by atoms with van der Waals surface area (Å²) in [5.74, 6) is -0.823. The Morgan fingerprint density at radius 1 is 1.36 bits per heavy atom. The molecule has 1 aromatic heterocycles. The number of likely N-dealkylation sites (N-methyl/N-ethyl adjacent to an activating group) is 1. The van der Waals surface area contributed by atoms with Gasteiger partial charge in [0.05, 0.1) is 12.2 Å². The van der Waals surface area contributed by atoms with Crippen molar-refractivity contribution in [3.63, 3.8) is 0 Å². The largest absolute Gasteiger partial charge is 0.351 e. The van der Waals surface area contributed by atoms with Gasteiger partial charge in [0.1, 0.15) is 5.69 Å². The number of likely N-dealkylation sites (tertiary alicyclic amines) is 1. The summed E-state index contributed by atoms with van der Waals surface area (Å²) in [6, 6.07) is 6.34. The number of benzene rings is 1. The molecule has 1 amide bonds. The Hall–Kier alpha value is -2.35. The SMILES string of the molecule is CN1CCCC1C(=O)NCc1ccc(-c2c(F)cnn2C(F)F)cc1. The van der Waals surface area contributed by atoms with Crippen molar-refractivity contribution in [3.8, 4) is 11.3 Å². The maximum atomic E-state index is 13.7. The summed E-state index contributed by atoms with van der Waals surface area (Å²) in [5.41, 5.74) is 0.861. The highest BCUT2D eigenvalue weighted by atomic mass is 19.3. The molecule has 2 heterocycles. The van der Waals surface area contributed by atoms with Crippen LogP contribution in [0.4, 0.5) is 13.2 Å². The lowest BCUT2D eigenvalue weighted by Crippen LogP contribution is -2.41. The summed E-state index contributed by atoms with van der Waals surface area (Å²) in [5, 5.41) is 6.23. The molecule has 1 aliphatic rings. The highest BCUT2D eigenvalue weighted by molar-refractivity contribution is 5.82. The van der Waals surface area contributed by atoms with Crippen LogP contribution >= 0.6 is 0 Å². The van der Waals surface area contributed by atoms with Gasteiger partial charge in [-0.15, -0.1) is 0 Å². The van der Waals surface area contributed by atoms with Gasteiger partial charge >= 0.3 is 6.55 Å². The van der Waals surface area contributed by atoms with E-state index in [0.29, 0.717) is 16.8 Å². The second-order valence-corrected chi connectivity index (χ2v) is 6.12. The van der Waals surface area contributed by atoms with Gasteiger partial charge in [0, 0.05) is 12.1 Å². The van der Waals surface area contributed by atoms with E-state index in [1.54, 1.807) is 24.3 Å². The van der Waals surface area contributed by atoms with Crippen LogP contribution in [0.3, 0.4) is 0 Å². The molecular formula is C17H19F3N4O. The van der Waals surface area contributed by atoms with Crippen LogP contribution in [0.25, 0.3) is 11.3 Å². The second-order valence-electron chi connectivity index (χ2n) is 6.12. The monoisotopic (exact) mass is 352 g/mol. The Morgan fingerprint density at radius 3 is 2.68 bits per heavy atom. The van der Waals surface area contributed by atoms with E-state index < -0.39 is 12.4 Å². The summed E-state index contributed by atoms with van der Waals surface area (Å²) >= 11 is 0. The molecule has 1 aliphatic heterocycles. The summed E-state index contributed by atoms with van der Waals surface area (Å²) < 4.78 is 39.8. The molecule has 1 aromatic carbocycles. The molecular weight excluding hydrogens is 333 g/mol. The minimum atomic E-state index is -2.91. The van der Waals surface area contributed by atoms with Crippen molar-refractivity contribution in [2.24, 2.45) is 0 Å². The van der Waals surface area contributed by atoms with E-state index in [0.717, 1.165) is 31.1 Å². The van der Waals surface area contributed by atoms with E-state index in [9.17, 15) is 18.0 Å². The van der Waals surface area contributed by atoms with Crippen molar-refractivity contribution in [2.75, 3.05) is 13.6 Å². The van der Waals surface area contributed by atoms with Gasteiger partial charge in [-0.2, -0.15) is 13.9 Å². The molecule has 1 atom stereocenters. The number of hydrogen-bond donors (Lipinski definition) is 1. The molecule has 1 saturated heterocycles. The maximum absolute atomic E-state index is 13.7. The number of nitrogens with zero attached hydrogens (tertiary/aromatic N) is 3. The second kappa shape index (κ2) is 7.26. The van der Waals surface area contributed by atoms with Crippen LogP contribution < -0.4 is 5.32 Å². The van der Waals surface area contributed by atoms with Crippen LogP contribution in [-0.2, 0) is 11.3 Å². The Morgan fingerprint density at radius 2 is 2.08 bits per heavy atom. The van der Waals surface area contributed by atoms with Gasteiger partial charge in [0.2, 0.25) is 5.91 Å². The molecule has 2 aromatic rings. The molecule has 8 heteroatoms. The topological polar surface area (TPSA) is 50.2 Å². The standard InChI is InChI=1S/C17H19F3N4O/c1-23-8-2-3-14(23)16(25)21-9-11-4-6-12(7-5-11)15-13(18)10-22-24(15)17(19)20/h4-7,10,14,17H,2-3,8-9H2,1H3,(H,21,25). The average Bonchev–Trinajstić information content (AvgIpc) is 3.19. The lowest BCUT2D eigenvalue weighted by molar-refractivity contribution is -0.125. The van der Waals surface area contributed by atoms with E-state index in [1.807, 2.05) is 11.9 Å². The normalized spacial score (nSPS) is 18.0. The molecule has 25 heavy (non-hydrogen) atoms.